The van der Waals surface area contributed by atoms with Gasteiger partial charge in [-0.3, -0.25) is 0 Å². The van der Waals surface area contributed by atoms with Crippen LogP contribution in [0.25, 0.3) is 0 Å². The van der Waals surface area contributed by atoms with Gasteiger partial charge in [-0.25, -0.2) is 4.98 Å². The van der Waals surface area contributed by atoms with E-state index in [-0.39, 0.29) is 6.04 Å². The molecule has 1 unspecified atom stereocenters. The van der Waals surface area contributed by atoms with Crippen molar-refractivity contribution in [3.63, 3.8) is 0 Å². The van der Waals surface area contributed by atoms with E-state index < -0.39 is 0 Å². The smallest absolute Gasteiger partial charge is 0.185 e. The van der Waals surface area contributed by atoms with Gasteiger partial charge < -0.3 is 9.73 Å². The summed E-state index contributed by atoms with van der Waals surface area (Å²) in [6.45, 7) is 2.01. The van der Waals surface area contributed by atoms with Gasteiger partial charge in [0.2, 0.25) is 0 Å². The highest BCUT2D eigenvalue weighted by atomic mass is 35.5. The van der Waals surface area contributed by atoms with Crippen LogP contribution < -0.4 is 5.32 Å². The van der Waals surface area contributed by atoms with Crippen molar-refractivity contribution in [3.8, 4) is 0 Å². The molecule has 0 amide bonds. The van der Waals surface area contributed by atoms with Crippen molar-refractivity contribution in [2.75, 3.05) is 5.32 Å². The van der Waals surface area contributed by atoms with Gasteiger partial charge in [0, 0.05) is 5.38 Å². The Kier molecular flexibility index (Phi) is 2.74. The lowest BCUT2D eigenvalue weighted by atomic mass is 10.2. The molecule has 0 saturated carbocycles. The van der Waals surface area contributed by atoms with E-state index in [4.69, 9.17) is 16.0 Å². The number of nitrogens with one attached hydrogen (secondary N) is 1. The van der Waals surface area contributed by atoms with Gasteiger partial charge in [-0.2, -0.15) is 0 Å². The molecule has 1 atom stereocenters. The van der Waals surface area contributed by atoms with E-state index >= 15 is 0 Å². The highest BCUT2D eigenvalue weighted by Crippen LogP contribution is 2.23. The van der Waals surface area contributed by atoms with Crippen LogP contribution >= 0.6 is 22.9 Å². The van der Waals surface area contributed by atoms with Crippen LogP contribution in [0, 0.1) is 0 Å². The van der Waals surface area contributed by atoms with Gasteiger partial charge in [-0.15, -0.1) is 11.3 Å². The minimum Gasteiger partial charge on any atom is -0.467 e. The highest BCUT2D eigenvalue weighted by molar-refractivity contribution is 7.14. The maximum Gasteiger partial charge on any atom is 0.185 e. The molecule has 1 N–H and O–H groups in total. The molecule has 2 heterocycles. The lowest BCUT2D eigenvalue weighted by Gasteiger charge is -2.09. The fourth-order valence-electron chi connectivity index (χ4n) is 1.15. The van der Waals surface area contributed by atoms with Crippen molar-refractivity contribution in [1.29, 1.82) is 0 Å². The number of thiazole rings is 1. The van der Waals surface area contributed by atoms with Crippen molar-refractivity contribution in [2.24, 2.45) is 0 Å². The largest absolute Gasteiger partial charge is 0.467 e. The number of aromatic nitrogens is 1. The Balaban J connectivity index is 2.05. The van der Waals surface area contributed by atoms with Crippen LogP contribution in [0.4, 0.5) is 5.82 Å². The zero-order valence-corrected chi connectivity index (χ0v) is 9.10. The van der Waals surface area contributed by atoms with Gasteiger partial charge in [0.1, 0.15) is 11.6 Å². The van der Waals surface area contributed by atoms with Crippen LogP contribution in [0.15, 0.2) is 28.2 Å². The van der Waals surface area contributed by atoms with E-state index in [0.29, 0.717) is 4.47 Å². The number of halogens is 1. The van der Waals surface area contributed by atoms with Crippen molar-refractivity contribution in [2.45, 2.75) is 13.0 Å². The Labute approximate surface area is 90.7 Å². The summed E-state index contributed by atoms with van der Waals surface area (Å²) >= 11 is 7.12. The second-order valence-corrected chi connectivity index (χ2v) is 4.31. The molecule has 0 aliphatic carbocycles. The lowest BCUT2D eigenvalue weighted by molar-refractivity contribution is 0.490. The standard InChI is InChI=1S/C9H9ClN2OS/c1-6(7-3-2-4-13-7)11-8-5-14-9(10)12-8/h2-6,11H,1H3. The molecule has 0 spiro atoms. The molecule has 0 aliphatic rings. The van der Waals surface area contributed by atoms with Gasteiger partial charge in [0.15, 0.2) is 4.47 Å². The Morgan fingerprint density at radius 1 is 1.64 bits per heavy atom. The maximum absolute atomic E-state index is 5.71. The molecule has 2 aromatic heterocycles. The first kappa shape index (κ1) is 9.55. The Morgan fingerprint density at radius 3 is 3.07 bits per heavy atom. The van der Waals surface area contributed by atoms with E-state index in [1.807, 2.05) is 24.4 Å². The topological polar surface area (TPSA) is 38.1 Å². The molecule has 74 valence electrons. The third-order valence-corrected chi connectivity index (χ3v) is 2.79. The van der Waals surface area contributed by atoms with E-state index in [1.165, 1.54) is 11.3 Å². The third-order valence-electron chi connectivity index (χ3n) is 1.81. The normalized spacial score (nSPS) is 12.7. The predicted molar refractivity (Wildman–Crippen MR) is 57.9 cm³/mol. The summed E-state index contributed by atoms with van der Waals surface area (Å²) in [6.07, 6.45) is 1.65. The number of rotatable bonds is 3. The Hall–Kier alpha value is -1.00. The molecule has 5 heteroatoms. The molecular weight excluding hydrogens is 220 g/mol. The van der Waals surface area contributed by atoms with E-state index in [9.17, 15) is 0 Å². The first-order valence-corrected chi connectivity index (χ1v) is 5.42. The number of furan rings is 1. The second-order valence-electron chi connectivity index (χ2n) is 2.87. The van der Waals surface area contributed by atoms with Gasteiger partial charge in [-0.05, 0) is 19.1 Å². The zero-order valence-electron chi connectivity index (χ0n) is 7.53. The molecule has 0 saturated heterocycles. The monoisotopic (exact) mass is 228 g/mol. The molecule has 0 aliphatic heterocycles. The minimum absolute atomic E-state index is 0.100. The number of hydrogen-bond donors (Lipinski definition) is 1. The SMILES string of the molecule is CC(Nc1csc(Cl)n1)c1ccco1. The summed E-state index contributed by atoms with van der Waals surface area (Å²) in [5.74, 6) is 1.66. The summed E-state index contributed by atoms with van der Waals surface area (Å²) in [5.41, 5.74) is 0. The molecular formula is C9H9ClN2OS. The van der Waals surface area contributed by atoms with Crippen LogP contribution in [0.2, 0.25) is 4.47 Å². The summed E-state index contributed by atoms with van der Waals surface area (Å²) in [4.78, 5) is 4.09. The van der Waals surface area contributed by atoms with Crippen molar-refractivity contribution in [1.82, 2.24) is 4.98 Å². The van der Waals surface area contributed by atoms with Crippen molar-refractivity contribution < 1.29 is 4.42 Å². The quantitative estimate of drug-likeness (QED) is 0.873. The predicted octanol–water partition coefficient (Wildman–Crippen LogP) is 3.56. The Bertz CT molecular complexity index is 399. The molecule has 2 aromatic rings. The second kappa shape index (κ2) is 4.02. The van der Waals surface area contributed by atoms with E-state index in [2.05, 4.69) is 10.3 Å². The highest BCUT2D eigenvalue weighted by Gasteiger charge is 2.09. The summed E-state index contributed by atoms with van der Waals surface area (Å²) in [6, 6.07) is 3.89. The average Bonchev–Trinajstić information content (AvgIpc) is 2.75. The van der Waals surface area contributed by atoms with Crippen LogP contribution in [0.5, 0.6) is 0 Å². The average molecular weight is 229 g/mol. The van der Waals surface area contributed by atoms with Crippen LogP contribution in [-0.4, -0.2) is 4.98 Å². The maximum atomic E-state index is 5.71. The van der Waals surface area contributed by atoms with Crippen LogP contribution in [-0.2, 0) is 0 Å². The number of hydrogen-bond acceptors (Lipinski definition) is 4. The number of anilines is 1. The fraction of sp³-hybridized carbons (Fsp3) is 0.222. The Morgan fingerprint density at radius 2 is 2.50 bits per heavy atom. The van der Waals surface area contributed by atoms with Crippen molar-refractivity contribution in [3.05, 3.63) is 34.0 Å². The number of nitrogens with zero attached hydrogens (tertiary/aromatic N) is 1. The third kappa shape index (κ3) is 2.08. The van der Waals surface area contributed by atoms with Gasteiger partial charge in [0.05, 0.1) is 12.3 Å². The minimum atomic E-state index is 0.100. The molecule has 3 nitrogen and oxygen atoms in total. The van der Waals surface area contributed by atoms with Gasteiger partial charge >= 0.3 is 0 Å². The summed E-state index contributed by atoms with van der Waals surface area (Å²) < 4.78 is 5.80. The lowest BCUT2D eigenvalue weighted by Crippen LogP contribution is -2.05. The molecule has 0 radical (unpaired) electrons. The van der Waals surface area contributed by atoms with E-state index in [0.717, 1.165) is 11.6 Å². The summed E-state index contributed by atoms with van der Waals surface area (Å²) in [7, 11) is 0. The first-order valence-electron chi connectivity index (χ1n) is 4.16. The van der Waals surface area contributed by atoms with Crippen LogP contribution in [0.1, 0.15) is 18.7 Å². The van der Waals surface area contributed by atoms with Crippen molar-refractivity contribution >= 4 is 28.8 Å². The van der Waals surface area contributed by atoms with E-state index in [1.54, 1.807) is 6.26 Å². The molecule has 14 heavy (non-hydrogen) atoms. The summed E-state index contributed by atoms with van der Waals surface area (Å²) in [5, 5.41) is 5.06. The molecule has 2 rings (SSSR count). The molecule has 0 fully saturated rings. The van der Waals surface area contributed by atoms with Gasteiger partial charge in [-0.1, -0.05) is 11.6 Å². The molecule has 0 aromatic carbocycles. The zero-order chi connectivity index (χ0) is 9.97. The molecule has 0 bridgehead atoms. The fourth-order valence-corrected chi connectivity index (χ4v) is 1.85. The van der Waals surface area contributed by atoms with Gasteiger partial charge in [0.25, 0.3) is 0 Å². The first-order chi connectivity index (χ1) is 6.75. The van der Waals surface area contributed by atoms with Crippen LogP contribution in [0.3, 0.4) is 0 Å².